The summed E-state index contributed by atoms with van der Waals surface area (Å²) < 4.78 is 15.0. The van der Waals surface area contributed by atoms with Gasteiger partial charge in [0.1, 0.15) is 5.82 Å². The molecular weight excluding hydrogens is 343 g/mol. The van der Waals surface area contributed by atoms with E-state index in [1.165, 1.54) is 12.1 Å². The van der Waals surface area contributed by atoms with E-state index in [1.807, 2.05) is 35.1 Å². The molecule has 0 radical (unpaired) electrons. The standard InChI is InChI=1S/C20H23FN6/c21-18-4-6-19(7-5-18)26-13-11-25(12-14-26)9-2-10-27-20(16-23-24-27)17-3-1-8-22-15-17/h1,3-8,15-16H,2,9-14H2. The van der Waals surface area contributed by atoms with Gasteiger partial charge in [0, 0.05) is 62.9 Å². The lowest BCUT2D eigenvalue weighted by molar-refractivity contribution is 0.249. The third kappa shape index (κ3) is 4.31. The number of aromatic nitrogens is 4. The van der Waals surface area contributed by atoms with E-state index in [1.54, 1.807) is 12.4 Å². The minimum atomic E-state index is -0.184. The highest BCUT2D eigenvalue weighted by Crippen LogP contribution is 2.18. The van der Waals surface area contributed by atoms with Gasteiger partial charge >= 0.3 is 0 Å². The Balaban J connectivity index is 1.26. The van der Waals surface area contributed by atoms with Crippen LogP contribution in [-0.4, -0.2) is 57.6 Å². The van der Waals surface area contributed by atoms with E-state index >= 15 is 0 Å². The molecule has 0 aliphatic carbocycles. The van der Waals surface area contributed by atoms with E-state index in [0.29, 0.717) is 0 Å². The van der Waals surface area contributed by atoms with Crippen LogP contribution < -0.4 is 4.90 Å². The molecule has 1 aliphatic rings. The van der Waals surface area contributed by atoms with Crippen molar-refractivity contribution < 1.29 is 4.39 Å². The predicted octanol–water partition coefficient (Wildman–Crippen LogP) is 2.69. The summed E-state index contributed by atoms with van der Waals surface area (Å²) in [4.78, 5) is 8.96. The van der Waals surface area contributed by atoms with Crippen LogP contribution in [0.1, 0.15) is 6.42 Å². The number of pyridine rings is 1. The van der Waals surface area contributed by atoms with Crippen LogP contribution in [0.5, 0.6) is 0 Å². The van der Waals surface area contributed by atoms with Gasteiger partial charge < -0.3 is 4.90 Å². The average Bonchev–Trinajstić information content (AvgIpc) is 3.18. The number of hydrogen-bond donors (Lipinski definition) is 0. The molecular formula is C20H23FN6. The second-order valence-electron chi connectivity index (χ2n) is 6.74. The first-order valence-electron chi connectivity index (χ1n) is 9.31. The van der Waals surface area contributed by atoms with Crippen molar-refractivity contribution in [1.29, 1.82) is 0 Å². The second-order valence-corrected chi connectivity index (χ2v) is 6.74. The molecule has 0 spiro atoms. The summed E-state index contributed by atoms with van der Waals surface area (Å²) in [5.74, 6) is -0.184. The number of hydrogen-bond acceptors (Lipinski definition) is 5. The molecule has 140 valence electrons. The number of halogens is 1. The minimum Gasteiger partial charge on any atom is -0.369 e. The molecule has 0 saturated carbocycles. The SMILES string of the molecule is Fc1ccc(N2CCN(CCCn3nncc3-c3cccnc3)CC2)cc1. The summed E-state index contributed by atoms with van der Waals surface area (Å²) in [6, 6.07) is 10.7. The number of aryl methyl sites for hydroxylation is 1. The van der Waals surface area contributed by atoms with Crippen LogP contribution in [0.25, 0.3) is 11.3 Å². The fourth-order valence-corrected chi connectivity index (χ4v) is 3.49. The largest absolute Gasteiger partial charge is 0.369 e. The van der Waals surface area contributed by atoms with Crippen molar-refractivity contribution in [2.45, 2.75) is 13.0 Å². The Morgan fingerprint density at radius 2 is 1.74 bits per heavy atom. The quantitative estimate of drug-likeness (QED) is 0.671. The van der Waals surface area contributed by atoms with Crippen LogP contribution in [0.4, 0.5) is 10.1 Å². The normalized spacial score (nSPS) is 15.2. The Labute approximate surface area is 158 Å². The lowest BCUT2D eigenvalue weighted by Crippen LogP contribution is -2.46. The highest BCUT2D eigenvalue weighted by molar-refractivity contribution is 5.56. The number of nitrogens with zero attached hydrogens (tertiary/aromatic N) is 6. The number of anilines is 1. The van der Waals surface area contributed by atoms with E-state index in [4.69, 9.17) is 0 Å². The zero-order valence-corrected chi connectivity index (χ0v) is 15.2. The Bertz CT molecular complexity index is 840. The lowest BCUT2D eigenvalue weighted by atomic mass is 10.2. The molecule has 0 bridgehead atoms. The molecule has 1 aliphatic heterocycles. The third-order valence-electron chi connectivity index (χ3n) is 4.98. The molecule has 27 heavy (non-hydrogen) atoms. The van der Waals surface area contributed by atoms with Crippen LogP contribution in [0.2, 0.25) is 0 Å². The Morgan fingerprint density at radius 3 is 2.48 bits per heavy atom. The van der Waals surface area contributed by atoms with Gasteiger partial charge in [-0.15, -0.1) is 5.10 Å². The lowest BCUT2D eigenvalue weighted by Gasteiger charge is -2.36. The van der Waals surface area contributed by atoms with E-state index < -0.39 is 0 Å². The van der Waals surface area contributed by atoms with Gasteiger partial charge in [0.05, 0.1) is 11.9 Å². The summed E-state index contributed by atoms with van der Waals surface area (Å²) in [6.07, 6.45) is 6.42. The van der Waals surface area contributed by atoms with Crippen LogP contribution in [-0.2, 0) is 6.54 Å². The van der Waals surface area contributed by atoms with Crippen molar-refractivity contribution in [3.05, 3.63) is 60.8 Å². The average molecular weight is 366 g/mol. The fourth-order valence-electron chi connectivity index (χ4n) is 3.49. The van der Waals surface area contributed by atoms with Gasteiger partial charge in [-0.1, -0.05) is 5.21 Å². The maximum atomic E-state index is 13.1. The number of rotatable bonds is 6. The molecule has 0 atom stereocenters. The van der Waals surface area contributed by atoms with Crippen molar-refractivity contribution in [2.24, 2.45) is 0 Å². The summed E-state index contributed by atoms with van der Waals surface area (Å²) in [6.45, 7) is 5.84. The second kappa shape index (κ2) is 8.26. The van der Waals surface area contributed by atoms with E-state index in [0.717, 1.165) is 62.6 Å². The first kappa shape index (κ1) is 17.6. The molecule has 0 N–H and O–H groups in total. The number of piperazine rings is 1. The third-order valence-corrected chi connectivity index (χ3v) is 4.98. The molecule has 0 unspecified atom stereocenters. The van der Waals surface area contributed by atoms with E-state index in [-0.39, 0.29) is 5.82 Å². The maximum absolute atomic E-state index is 13.1. The monoisotopic (exact) mass is 366 g/mol. The van der Waals surface area contributed by atoms with Crippen molar-refractivity contribution >= 4 is 5.69 Å². The van der Waals surface area contributed by atoms with Gasteiger partial charge in [0.25, 0.3) is 0 Å². The maximum Gasteiger partial charge on any atom is 0.123 e. The van der Waals surface area contributed by atoms with Crippen LogP contribution in [0.3, 0.4) is 0 Å². The smallest absolute Gasteiger partial charge is 0.123 e. The number of benzene rings is 1. The molecule has 3 heterocycles. The molecule has 1 saturated heterocycles. The summed E-state index contributed by atoms with van der Waals surface area (Å²) in [7, 11) is 0. The summed E-state index contributed by atoms with van der Waals surface area (Å²) in [5, 5.41) is 8.27. The zero-order chi connectivity index (χ0) is 18.5. The first-order valence-corrected chi connectivity index (χ1v) is 9.31. The van der Waals surface area contributed by atoms with Crippen molar-refractivity contribution in [2.75, 3.05) is 37.6 Å². The summed E-state index contributed by atoms with van der Waals surface area (Å²) >= 11 is 0. The molecule has 1 aromatic carbocycles. The van der Waals surface area contributed by atoms with Gasteiger partial charge in [0.15, 0.2) is 0 Å². The van der Waals surface area contributed by atoms with Crippen LogP contribution in [0, 0.1) is 5.82 Å². The van der Waals surface area contributed by atoms with Crippen molar-refractivity contribution in [1.82, 2.24) is 24.9 Å². The van der Waals surface area contributed by atoms with E-state index in [9.17, 15) is 4.39 Å². The molecule has 1 fully saturated rings. The Morgan fingerprint density at radius 1 is 0.926 bits per heavy atom. The summed E-state index contributed by atoms with van der Waals surface area (Å²) in [5.41, 5.74) is 3.14. The highest BCUT2D eigenvalue weighted by atomic mass is 19.1. The molecule has 0 amide bonds. The van der Waals surface area contributed by atoms with E-state index in [2.05, 4.69) is 25.1 Å². The van der Waals surface area contributed by atoms with Gasteiger partial charge in [0.2, 0.25) is 0 Å². The predicted molar refractivity (Wildman–Crippen MR) is 103 cm³/mol. The topological polar surface area (TPSA) is 50.1 Å². The fraction of sp³-hybridized carbons (Fsp3) is 0.350. The molecule has 4 rings (SSSR count). The van der Waals surface area contributed by atoms with Crippen molar-refractivity contribution in [3.8, 4) is 11.3 Å². The van der Waals surface area contributed by atoms with Crippen molar-refractivity contribution in [3.63, 3.8) is 0 Å². The van der Waals surface area contributed by atoms with Crippen LogP contribution in [0.15, 0.2) is 55.0 Å². The minimum absolute atomic E-state index is 0.184. The van der Waals surface area contributed by atoms with Gasteiger partial charge in [-0.05, 0) is 42.8 Å². The Kier molecular flexibility index (Phi) is 5.39. The molecule has 3 aromatic rings. The van der Waals surface area contributed by atoms with Gasteiger partial charge in [-0.3, -0.25) is 9.88 Å². The van der Waals surface area contributed by atoms with Crippen LogP contribution >= 0.6 is 0 Å². The first-order chi connectivity index (χ1) is 13.3. The zero-order valence-electron chi connectivity index (χ0n) is 15.2. The molecule has 2 aromatic heterocycles. The Hall–Kier alpha value is -2.80. The molecule has 7 heteroatoms. The molecule has 6 nitrogen and oxygen atoms in total. The van der Waals surface area contributed by atoms with Gasteiger partial charge in [-0.25, -0.2) is 9.07 Å². The highest BCUT2D eigenvalue weighted by Gasteiger charge is 2.17. The van der Waals surface area contributed by atoms with Gasteiger partial charge in [-0.2, -0.15) is 0 Å².